The van der Waals surface area contributed by atoms with Crippen LogP contribution in [0.1, 0.15) is 30.0 Å². The number of hydrogen-bond donors (Lipinski definition) is 1. The summed E-state index contributed by atoms with van der Waals surface area (Å²) in [7, 11) is -3.29. The van der Waals surface area contributed by atoms with Gasteiger partial charge in [-0.25, -0.2) is 17.6 Å². The van der Waals surface area contributed by atoms with E-state index in [-0.39, 0.29) is 17.4 Å². The third kappa shape index (κ3) is 4.02. The van der Waals surface area contributed by atoms with Gasteiger partial charge in [-0.2, -0.15) is 0 Å². The normalized spacial score (nSPS) is 15.6. The lowest BCUT2D eigenvalue weighted by Gasteiger charge is -2.30. The molecule has 4 rings (SSSR count). The van der Waals surface area contributed by atoms with E-state index in [1.165, 1.54) is 11.0 Å². The largest absolute Gasteiger partial charge is 0.465 e. The van der Waals surface area contributed by atoms with Crippen molar-refractivity contribution in [3.05, 3.63) is 59.8 Å². The van der Waals surface area contributed by atoms with Gasteiger partial charge < -0.3 is 14.6 Å². The van der Waals surface area contributed by atoms with Gasteiger partial charge in [0.05, 0.1) is 17.1 Å². The number of benzene rings is 1. The SMILES string of the molecule is CS(=O)(=O)c1ccc2c(ccn2Cc2ncc(C3CCN(C(=O)O)CC3)cc2F)c1. The molecule has 3 heterocycles. The monoisotopic (exact) mass is 431 g/mol. The Morgan fingerprint density at radius 1 is 1.23 bits per heavy atom. The van der Waals surface area contributed by atoms with Gasteiger partial charge in [0.25, 0.3) is 0 Å². The van der Waals surface area contributed by atoms with E-state index in [0.29, 0.717) is 31.6 Å². The van der Waals surface area contributed by atoms with Crippen molar-refractivity contribution in [1.29, 1.82) is 0 Å². The highest BCUT2D eigenvalue weighted by Crippen LogP contribution is 2.29. The lowest BCUT2D eigenvalue weighted by Crippen LogP contribution is -2.36. The molecule has 1 aromatic carbocycles. The molecular weight excluding hydrogens is 409 g/mol. The number of amides is 1. The highest BCUT2D eigenvalue weighted by molar-refractivity contribution is 7.90. The number of aromatic nitrogens is 2. The topological polar surface area (TPSA) is 92.5 Å². The molecule has 1 fully saturated rings. The van der Waals surface area contributed by atoms with E-state index in [2.05, 4.69) is 4.98 Å². The Kier molecular flexibility index (Phi) is 5.23. The molecule has 2 aromatic heterocycles. The zero-order valence-electron chi connectivity index (χ0n) is 16.5. The average Bonchev–Trinajstić information content (AvgIpc) is 3.11. The van der Waals surface area contributed by atoms with Crippen molar-refractivity contribution < 1.29 is 22.7 Å². The van der Waals surface area contributed by atoms with Gasteiger partial charge in [-0.05, 0) is 54.7 Å². The molecule has 0 unspecified atom stereocenters. The summed E-state index contributed by atoms with van der Waals surface area (Å²) in [4.78, 5) is 17.0. The molecule has 1 amide bonds. The molecule has 0 radical (unpaired) electrons. The Morgan fingerprint density at radius 2 is 1.97 bits per heavy atom. The van der Waals surface area contributed by atoms with Crippen molar-refractivity contribution in [2.45, 2.75) is 30.2 Å². The van der Waals surface area contributed by atoms with Gasteiger partial charge >= 0.3 is 6.09 Å². The van der Waals surface area contributed by atoms with E-state index in [1.807, 2.05) is 4.57 Å². The van der Waals surface area contributed by atoms with E-state index in [9.17, 15) is 17.6 Å². The third-order valence-electron chi connectivity index (χ3n) is 5.67. The molecule has 30 heavy (non-hydrogen) atoms. The Labute approximate surface area is 173 Å². The number of nitrogens with zero attached hydrogens (tertiary/aromatic N) is 3. The maximum Gasteiger partial charge on any atom is 0.407 e. The lowest BCUT2D eigenvalue weighted by molar-refractivity contribution is 0.132. The van der Waals surface area contributed by atoms with E-state index >= 15 is 0 Å². The Bertz CT molecular complexity index is 1210. The first-order valence-corrected chi connectivity index (χ1v) is 11.5. The minimum Gasteiger partial charge on any atom is -0.465 e. The highest BCUT2D eigenvalue weighted by atomic mass is 32.2. The zero-order chi connectivity index (χ0) is 21.5. The van der Waals surface area contributed by atoms with E-state index in [0.717, 1.165) is 22.7 Å². The van der Waals surface area contributed by atoms with Crippen LogP contribution in [0.3, 0.4) is 0 Å². The smallest absolute Gasteiger partial charge is 0.407 e. The Balaban J connectivity index is 1.53. The second-order valence-corrected chi connectivity index (χ2v) is 9.69. The second-order valence-electron chi connectivity index (χ2n) is 7.68. The average molecular weight is 431 g/mol. The van der Waals surface area contributed by atoms with Gasteiger partial charge in [0.2, 0.25) is 0 Å². The van der Waals surface area contributed by atoms with E-state index < -0.39 is 21.7 Å². The van der Waals surface area contributed by atoms with Crippen molar-refractivity contribution in [3.63, 3.8) is 0 Å². The minimum atomic E-state index is -3.29. The van der Waals surface area contributed by atoms with Crippen LogP contribution >= 0.6 is 0 Å². The molecule has 9 heteroatoms. The summed E-state index contributed by atoms with van der Waals surface area (Å²) in [5.41, 5.74) is 1.89. The number of hydrogen-bond acceptors (Lipinski definition) is 4. The number of carboxylic acid groups (broad SMARTS) is 1. The van der Waals surface area contributed by atoms with Crippen LogP contribution in [0.5, 0.6) is 0 Å². The Hall–Kier alpha value is -2.94. The molecule has 3 aromatic rings. The summed E-state index contributed by atoms with van der Waals surface area (Å²) in [5.74, 6) is -0.304. The van der Waals surface area contributed by atoms with Crippen LogP contribution in [0.4, 0.5) is 9.18 Å². The number of fused-ring (bicyclic) bond motifs is 1. The van der Waals surface area contributed by atoms with Crippen LogP contribution in [-0.2, 0) is 16.4 Å². The molecular formula is C21H22FN3O4S. The van der Waals surface area contributed by atoms with Crippen molar-refractivity contribution >= 4 is 26.8 Å². The Morgan fingerprint density at radius 3 is 2.60 bits per heavy atom. The second kappa shape index (κ2) is 7.71. The molecule has 0 aliphatic carbocycles. The highest BCUT2D eigenvalue weighted by Gasteiger charge is 2.24. The number of likely N-dealkylation sites (tertiary alicyclic amines) is 1. The fourth-order valence-corrected chi connectivity index (χ4v) is 4.59. The van der Waals surface area contributed by atoms with Gasteiger partial charge in [0, 0.05) is 42.6 Å². The van der Waals surface area contributed by atoms with Gasteiger partial charge in [-0.3, -0.25) is 4.98 Å². The van der Waals surface area contributed by atoms with Crippen molar-refractivity contribution in [2.24, 2.45) is 0 Å². The molecule has 1 aliphatic rings. The maximum atomic E-state index is 14.8. The number of carbonyl (C=O) groups is 1. The summed E-state index contributed by atoms with van der Waals surface area (Å²) in [5, 5.41) is 9.81. The summed E-state index contributed by atoms with van der Waals surface area (Å²) in [6, 6.07) is 8.17. The summed E-state index contributed by atoms with van der Waals surface area (Å²) < 4.78 is 40.1. The van der Waals surface area contributed by atoms with Crippen LogP contribution in [0, 0.1) is 5.82 Å². The van der Waals surface area contributed by atoms with Crippen molar-refractivity contribution in [3.8, 4) is 0 Å². The molecule has 1 N–H and O–H groups in total. The van der Waals surface area contributed by atoms with Crippen LogP contribution in [-0.4, -0.2) is 53.4 Å². The van der Waals surface area contributed by atoms with Crippen molar-refractivity contribution in [1.82, 2.24) is 14.5 Å². The molecule has 0 atom stereocenters. The van der Waals surface area contributed by atoms with E-state index in [1.54, 1.807) is 36.7 Å². The zero-order valence-corrected chi connectivity index (χ0v) is 17.3. The standard InChI is InChI=1S/C21H22FN3O4S/c1-30(28,29)17-2-3-20-15(10-17)6-9-25(20)13-19-18(22)11-16(12-23-19)14-4-7-24(8-5-14)21(26)27/h2-3,6,9-12,14H,4-5,7-8,13H2,1H3,(H,26,27). The predicted octanol–water partition coefficient (Wildman–Crippen LogP) is 3.48. The van der Waals surface area contributed by atoms with Gasteiger partial charge in [-0.15, -0.1) is 0 Å². The third-order valence-corrected chi connectivity index (χ3v) is 6.78. The fraction of sp³-hybridized carbons (Fsp3) is 0.333. The van der Waals surface area contributed by atoms with Crippen LogP contribution < -0.4 is 0 Å². The summed E-state index contributed by atoms with van der Waals surface area (Å²) in [6.07, 6.45) is 5.00. The quantitative estimate of drug-likeness (QED) is 0.683. The van der Waals surface area contributed by atoms with E-state index in [4.69, 9.17) is 5.11 Å². The molecule has 7 nitrogen and oxygen atoms in total. The molecule has 0 spiro atoms. The number of halogens is 1. The number of pyridine rings is 1. The van der Waals surface area contributed by atoms with Crippen LogP contribution in [0.15, 0.2) is 47.6 Å². The summed E-state index contributed by atoms with van der Waals surface area (Å²) in [6.45, 7) is 1.10. The first-order valence-electron chi connectivity index (χ1n) is 9.63. The van der Waals surface area contributed by atoms with Crippen LogP contribution in [0.2, 0.25) is 0 Å². The van der Waals surface area contributed by atoms with Gasteiger partial charge in [0.15, 0.2) is 9.84 Å². The van der Waals surface area contributed by atoms with Crippen LogP contribution in [0.25, 0.3) is 10.9 Å². The number of piperidine rings is 1. The minimum absolute atomic E-state index is 0.0958. The molecule has 158 valence electrons. The maximum absolute atomic E-state index is 14.8. The van der Waals surface area contributed by atoms with Crippen molar-refractivity contribution in [2.75, 3.05) is 19.3 Å². The molecule has 0 bridgehead atoms. The first kappa shape index (κ1) is 20.3. The molecule has 1 saturated heterocycles. The predicted molar refractivity (Wildman–Crippen MR) is 110 cm³/mol. The first-order chi connectivity index (χ1) is 14.2. The fourth-order valence-electron chi connectivity index (χ4n) is 3.93. The van der Waals surface area contributed by atoms with Gasteiger partial charge in [-0.1, -0.05) is 0 Å². The molecule has 1 aliphatic heterocycles. The molecule has 0 saturated carbocycles. The number of rotatable bonds is 4. The summed E-state index contributed by atoms with van der Waals surface area (Å²) >= 11 is 0. The lowest BCUT2D eigenvalue weighted by atomic mass is 9.90. The number of sulfone groups is 1. The van der Waals surface area contributed by atoms with Gasteiger partial charge in [0.1, 0.15) is 5.82 Å².